The van der Waals surface area contributed by atoms with Crippen LogP contribution in [0.4, 0.5) is 4.39 Å². The first-order valence-corrected chi connectivity index (χ1v) is 15.3. The lowest BCUT2D eigenvalue weighted by Gasteiger charge is -2.49. The molecule has 1 aliphatic rings. The van der Waals surface area contributed by atoms with E-state index in [2.05, 4.69) is 25.5 Å². The van der Waals surface area contributed by atoms with Crippen LogP contribution in [-0.2, 0) is 26.1 Å². The van der Waals surface area contributed by atoms with Crippen LogP contribution in [0.3, 0.4) is 0 Å². The van der Waals surface area contributed by atoms with Crippen molar-refractivity contribution in [1.29, 1.82) is 0 Å². The fourth-order valence-corrected chi connectivity index (χ4v) is 5.24. The van der Waals surface area contributed by atoms with Crippen LogP contribution in [0.2, 0.25) is 23.2 Å². The van der Waals surface area contributed by atoms with E-state index in [9.17, 15) is 19.7 Å². The summed E-state index contributed by atoms with van der Waals surface area (Å²) in [6.07, 6.45) is -5.60. The molecule has 3 rings (SSSR count). The molecule has 3 N–H and O–H groups in total. The van der Waals surface area contributed by atoms with E-state index in [-0.39, 0.29) is 18.1 Å². The standard InChI is InChI=1S/C27H38ClFO7Si/c1-26(2,3)37(6,7)35-15-22-23(30)24(31)25(32)27(34-5,36-22)18-9-10-19(28)17(14-18)12-16-8-11-21(33-4)20(29)13-16/h8-11,13-14,22-25,30-32H,12,15H2,1-7H3/t22-,23-,24+,25-,27+/m1/s1/i4D3. The van der Waals surface area contributed by atoms with Gasteiger partial charge < -0.3 is 34.0 Å². The highest BCUT2D eigenvalue weighted by atomic mass is 35.5. The summed E-state index contributed by atoms with van der Waals surface area (Å²) in [5.41, 5.74) is 1.31. The van der Waals surface area contributed by atoms with Crippen molar-refractivity contribution >= 4 is 19.9 Å². The molecule has 5 atom stereocenters. The van der Waals surface area contributed by atoms with Crippen molar-refractivity contribution in [2.45, 2.75) is 75.5 Å². The summed E-state index contributed by atoms with van der Waals surface area (Å²) < 4.78 is 58.8. The zero-order valence-corrected chi connectivity index (χ0v) is 23.7. The van der Waals surface area contributed by atoms with Crippen LogP contribution in [-0.4, -0.2) is 68.8 Å². The van der Waals surface area contributed by atoms with Crippen molar-refractivity contribution in [2.75, 3.05) is 20.8 Å². The molecule has 0 spiro atoms. The zero-order chi connectivity index (χ0) is 30.3. The minimum Gasteiger partial charge on any atom is -0.494 e. The molecule has 10 heteroatoms. The van der Waals surface area contributed by atoms with Gasteiger partial charge in [-0.2, -0.15) is 0 Å². The average molecular weight is 560 g/mol. The summed E-state index contributed by atoms with van der Waals surface area (Å²) in [6, 6.07) is 8.63. The number of methoxy groups -OCH3 is 2. The highest BCUT2D eigenvalue weighted by Crippen LogP contribution is 2.42. The van der Waals surface area contributed by atoms with Gasteiger partial charge in [0, 0.05) is 17.7 Å². The first kappa shape index (κ1) is 25.7. The van der Waals surface area contributed by atoms with Crippen LogP contribution < -0.4 is 4.74 Å². The van der Waals surface area contributed by atoms with Gasteiger partial charge in [-0.05, 0) is 59.9 Å². The van der Waals surface area contributed by atoms with Crippen LogP contribution in [0, 0.1) is 5.82 Å². The number of hydrogen-bond acceptors (Lipinski definition) is 7. The van der Waals surface area contributed by atoms with Crippen LogP contribution in [0.1, 0.15) is 41.6 Å². The number of aliphatic hydroxyl groups is 3. The van der Waals surface area contributed by atoms with E-state index >= 15 is 0 Å². The van der Waals surface area contributed by atoms with Crippen LogP contribution in [0.15, 0.2) is 36.4 Å². The minimum absolute atomic E-state index is 0.0308. The molecule has 7 nitrogen and oxygen atoms in total. The predicted molar refractivity (Wildman–Crippen MR) is 142 cm³/mol. The van der Waals surface area contributed by atoms with Crippen LogP contribution in [0.5, 0.6) is 5.75 Å². The van der Waals surface area contributed by atoms with Crippen molar-refractivity contribution in [2.24, 2.45) is 0 Å². The van der Waals surface area contributed by atoms with Gasteiger partial charge in [-0.15, -0.1) is 0 Å². The second-order valence-electron chi connectivity index (χ2n) is 10.9. The SMILES string of the molecule is [2H]C([2H])([2H])Oc1ccc(Cc2cc([C@]3(OC)O[C@H](CO[Si](C)(C)C(C)(C)C)[C@@H](O)[C@H](O)[C@H]3O)ccc2Cl)cc1F. The molecule has 0 unspecified atom stereocenters. The lowest BCUT2D eigenvalue weighted by molar-refractivity contribution is -0.365. The Morgan fingerprint density at radius 3 is 2.43 bits per heavy atom. The summed E-state index contributed by atoms with van der Waals surface area (Å²) in [5.74, 6) is -3.12. The Morgan fingerprint density at radius 1 is 1.14 bits per heavy atom. The lowest BCUT2D eigenvalue weighted by Crippen LogP contribution is -2.64. The largest absolute Gasteiger partial charge is 0.494 e. The normalized spacial score (nSPS) is 28.4. The molecule has 0 amide bonds. The number of hydrogen-bond donors (Lipinski definition) is 3. The molecule has 0 bridgehead atoms. The molecule has 1 aliphatic heterocycles. The Hall–Kier alpha value is -1.56. The smallest absolute Gasteiger partial charge is 0.224 e. The van der Waals surface area contributed by atoms with E-state index < -0.39 is 57.1 Å². The molecule has 0 saturated carbocycles. The number of rotatable bonds is 8. The molecule has 1 heterocycles. The lowest BCUT2D eigenvalue weighted by atomic mass is 9.87. The maximum Gasteiger partial charge on any atom is 0.224 e. The number of ether oxygens (including phenoxy) is 3. The maximum atomic E-state index is 14.5. The van der Waals surface area contributed by atoms with E-state index in [0.29, 0.717) is 21.7 Å². The van der Waals surface area contributed by atoms with Gasteiger partial charge in [0.25, 0.3) is 0 Å². The van der Waals surface area contributed by atoms with E-state index in [4.69, 9.17) is 29.6 Å². The van der Waals surface area contributed by atoms with Gasteiger partial charge in [-0.25, -0.2) is 4.39 Å². The third-order valence-electron chi connectivity index (χ3n) is 7.44. The Kier molecular flexibility index (Phi) is 7.83. The van der Waals surface area contributed by atoms with Crippen molar-refractivity contribution in [1.82, 2.24) is 0 Å². The summed E-state index contributed by atoms with van der Waals surface area (Å²) in [7, 11) is -3.72. The second-order valence-corrected chi connectivity index (χ2v) is 16.1. The molecule has 2 aromatic carbocycles. The third kappa shape index (κ3) is 6.04. The molecular formula is C27H38ClFO7Si. The van der Waals surface area contributed by atoms with E-state index in [1.165, 1.54) is 19.2 Å². The molecule has 0 aromatic heterocycles. The Balaban J connectivity index is 1.92. The monoisotopic (exact) mass is 559 g/mol. The first-order valence-electron chi connectivity index (χ1n) is 13.5. The van der Waals surface area contributed by atoms with Crippen LogP contribution in [0.25, 0.3) is 0 Å². The number of aliphatic hydroxyl groups excluding tert-OH is 3. The second kappa shape index (κ2) is 11.3. The van der Waals surface area contributed by atoms with E-state index in [0.717, 1.165) is 6.07 Å². The Morgan fingerprint density at radius 2 is 1.84 bits per heavy atom. The predicted octanol–water partition coefficient (Wildman–Crippen LogP) is 4.38. The van der Waals surface area contributed by atoms with Gasteiger partial charge in [-0.3, -0.25) is 0 Å². The molecule has 1 saturated heterocycles. The first-order chi connectivity index (χ1) is 18.3. The molecule has 0 radical (unpaired) electrons. The molecule has 2 aromatic rings. The Bertz CT molecular complexity index is 1190. The molecule has 206 valence electrons. The van der Waals surface area contributed by atoms with Crippen molar-refractivity contribution < 1.29 is 42.5 Å². The summed E-state index contributed by atoms with van der Waals surface area (Å²) in [6.45, 7) is 10.3. The minimum atomic E-state index is -2.79. The van der Waals surface area contributed by atoms with Gasteiger partial charge in [0.1, 0.15) is 24.4 Å². The van der Waals surface area contributed by atoms with Crippen LogP contribution >= 0.6 is 11.6 Å². The highest BCUT2D eigenvalue weighted by Gasteiger charge is 2.55. The molecule has 1 fully saturated rings. The summed E-state index contributed by atoms with van der Waals surface area (Å²) in [4.78, 5) is 0. The van der Waals surface area contributed by atoms with Crippen molar-refractivity contribution in [3.63, 3.8) is 0 Å². The molecular weight excluding hydrogens is 519 g/mol. The van der Waals surface area contributed by atoms with Crippen molar-refractivity contribution in [3.05, 3.63) is 63.9 Å². The van der Waals surface area contributed by atoms with E-state index in [1.54, 1.807) is 18.2 Å². The highest BCUT2D eigenvalue weighted by molar-refractivity contribution is 6.74. The summed E-state index contributed by atoms with van der Waals surface area (Å²) in [5, 5.41) is 32.8. The maximum absolute atomic E-state index is 14.5. The molecule has 0 aliphatic carbocycles. The van der Waals surface area contributed by atoms with E-state index in [1.807, 2.05) is 13.1 Å². The number of halogens is 2. The fraction of sp³-hybridized carbons (Fsp3) is 0.556. The van der Waals surface area contributed by atoms with Gasteiger partial charge in [0.15, 0.2) is 19.9 Å². The van der Waals surface area contributed by atoms with Gasteiger partial charge in [-0.1, -0.05) is 44.5 Å². The Labute approximate surface area is 228 Å². The van der Waals surface area contributed by atoms with Crippen molar-refractivity contribution in [3.8, 4) is 5.75 Å². The quantitative estimate of drug-likeness (QED) is 0.413. The number of benzene rings is 2. The van der Waals surface area contributed by atoms with Gasteiger partial charge in [0.05, 0.1) is 17.8 Å². The zero-order valence-electron chi connectivity index (χ0n) is 24.9. The van der Waals surface area contributed by atoms with Gasteiger partial charge >= 0.3 is 0 Å². The summed E-state index contributed by atoms with van der Waals surface area (Å²) >= 11 is 6.45. The fourth-order valence-electron chi connectivity index (χ4n) is 4.04. The topological polar surface area (TPSA) is 97.6 Å². The average Bonchev–Trinajstić information content (AvgIpc) is 2.84. The third-order valence-corrected chi connectivity index (χ3v) is 12.3. The molecule has 37 heavy (non-hydrogen) atoms. The van der Waals surface area contributed by atoms with Gasteiger partial charge in [0.2, 0.25) is 5.79 Å².